The molecule has 3 rings (SSSR count). The van der Waals surface area contributed by atoms with Gasteiger partial charge in [0.05, 0.1) is 31.4 Å². The van der Waals surface area contributed by atoms with E-state index in [2.05, 4.69) is 0 Å². The van der Waals surface area contributed by atoms with Gasteiger partial charge < -0.3 is 29.1 Å². The zero-order chi connectivity index (χ0) is 27.7. The second kappa shape index (κ2) is 13.9. The molecule has 0 radical (unpaired) electrons. The number of aliphatic hydroxyl groups excluding tert-OH is 1. The molecule has 8 heteroatoms. The number of hydrogen-bond acceptors (Lipinski definition) is 7. The number of aliphatic hydroxyl groups is 1. The van der Waals surface area contributed by atoms with Crippen molar-refractivity contribution in [1.29, 1.82) is 0 Å². The summed E-state index contributed by atoms with van der Waals surface area (Å²) in [6.45, 7) is 8.62. The molecule has 2 aromatic carbocycles. The summed E-state index contributed by atoms with van der Waals surface area (Å²) in [4.78, 5) is 30.2. The number of carbonyl (C=O) groups is 2. The first-order chi connectivity index (χ1) is 18.3. The molecule has 0 bridgehead atoms. The molecule has 0 aliphatic carbocycles. The van der Waals surface area contributed by atoms with E-state index in [1.165, 1.54) is 0 Å². The molecule has 1 aliphatic rings. The fraction of sp³-hybridized carbons (Fsp3) is 0.467. The highest BCUT2D eigenvalue weighted by atomic mass is 16.5. The molecule has 1 fully saturated rings. The predicted octanol–water partition coefficient (Wildman–Crippen LogP) is 5.04. The average Bonchev–Trinajstić information content (AvgIpc) is 3.16. The molecule has 1 aliphatic heterocycles. The van der Waals surface area contributed by atoms with E-state index >= 15 is 0 Å². The number of ether oxygens (including phenoxy) is 3. The molecule has 0 saturated carbocycles. The smallest absolute Gasteiger partial charge is 0.295 e. The zero-order valence-electron chi connectivity index (χ0n) is 23.2. The number of Topliss-reactive ketones (excluding diaryl/α,β-unsaturated/α-hetero) is 1. The van der Waals surface area contributed by atoms with E-state index < -0.39 is 17.7 Å². The molecule has 1 saturated heterocycles. The van der Waals surface area contributed by atoms with Gasteiger partial charge in [-0.3, -0.25) is 9.59 Å². The maximum atomic E-state index is 13.3. The Morgan fingerprint density at radius 2 is 1.61 bits per heavy atom. The predicted molar refractivity (Wildman–Crippen MR) is 148 cm³/mol. The lowest BCUT2D eigenvalue weighted by atomic mass is 9.95. The third kappa shape index (κ3) is 6.86. The maximum absolute atomic E-state index is 13.3. The maximum Gasteiger partial charge on any atom is 0.295 e. The summed E-state index contributed by atoms with van der Waals surface area (Å²) in [5.41, 5.74) is 1.18. The van der Waals surface area contributed by atoms with Crippen molar-refractivity contribution in [2.45, 2.75) is 46.1 Å². The van der Waals surface area contributed by atoms with Gasteiger partial charge in [0.1, 0.15) is 11.5 Å². The van der Waals surface area contributed by atoms with Gasteiger partial charge in [-0.1, -0.05) is 19.9 Å². The highest BCUT2D eigenvalue weighted by Crippen LogP contribution is 2.42. The molecule has 38 heavy (non-hydrogen) atoms. The lowest BCUT2D eigenvalue weighted by Gasteiger charge is -2.26. The normalized spacial score (nSPS) is 16.8. The van der Waals surface area contributed by atoms with E-state index in [9.17, 15) is 14.7 Å². The molecule has 0 spiro atoms. The van der Waals surface area contributed by atoms with Crippen molar-refractivity contribution in [3.05, 3.63) is 59.2 Å². The molecule has 206 valence electrons. The topological polar surface area (TPSA) is 88.5 Å². The fourth-order valence-electron chi connectivity index (χ4n) is 4.39. The summed E-state index contributed by atoms with van der Waals surface area (Å²) in [5, 5.41) is 11.4. The first kappa shape index (κ1) is 29.0. The van der Waals surface area contributed by atoms with Crippen molar-refractivity contribution in [3.8, 4) is 17.2 Å². The summed E-state index contributed by atoms with van der Waals surface area (Å²) in [5.74, 6) is 0.276. The van der Waals surface area contributed by atoms with Crippen LogP contribution in [0.5, 0.6) is 17.2 Å². The minimum Gasteiger partial charge on any atom is -0.507 e. The Bertz CT molecular complexity index is 1130. The molecule has 1 amide bonds. The molecule has 1 atom stereocenters. The van der Waals surface area contributed by atoms with Crippen molar-refractivity contribution in [2.24, 2.45) is 0 Å². The average molecular weight is 525 g/mol. The van der Waals surface area contributed by atoms with Crippen molar-refractivity contribution in [3.63, 3.8) is 0 Å². The van der Waals surface area contributed by atoms with Crippen LogP contribution in [0.15, 0.2) is 48.0 Å². The number of ketones is 1. The molecular weight excluding hydrogens is 484 g/mol. The molecule has 8 nitrogen and oxygen atoms in total. The van der Waals surface area contributed by atoms with E-state index in [1.54, 1.807) is 41.3 Å². The lowest BCUT2D eigenvalue weighted by molar-refractivity contribution is -0.139. The second-order valence-electron chi connectivity index (χ2n) is 9.51. The molecule has 1 N–H and O–H groups in total. The molecule has 0 aromatic heterocycles. The summed E-state index contributed by atoms with van der Waals surface area (Å²) in [7, 11) is 3.92. The summed E-state index contributed by atoms with van der Waals surface area (Å²) in [6.07, 6.45) is 2.41. The Kier molecular flexibility index (Phi) is 10.6. The van der Waals surface area contributed by atoms with Crippen molar-refractivity contribution in [2.75, 3.05) is 47.0 Å². The Hall–Kier alpha value is -3.52. The van der Waals surface area contributed by atoms with Gasteiger partial charge in [-0.15, -0.1) is 0 Å². The third-order valence-electron chi connectivity index (χ3n) is 6.19. The molecule has 1 unspecified atom stereocenters. The summed E-state index contributed by atoms with van der Waals surface area (Å²) in [6, 6.07) is 11.6. The Morgan fingerprint density at radius 1 is 0.921 bits per heavy atom. The monoisotopic (exact) mass is 524 g/mol. The van der Waals surface area contributed by atoms with Crippen LogP contribution in [0.2, 0.25) is 0 Å². The van der Waals surface area contributed by atoms with Gasteiger partial charge in [-0.2, -0.15) is 0 Å². The van der Waals surface area contributed by atoms with Crippen LogP contribution in [0.1, 0.15) is 57.2 Å². The number of carbonyl (C=O) groups excluding carboxylic acids is 2. The van der Waals surface area contributed by atoms with Crippen LogP contribution in [0.3, 0.4) is 0 Å². The lowest BCUT2D eigenvalue weighted by Crippen LogP contribution is -2.32. The van der Waals surface area contributed by atoms with Gasteiger partial charge in [0.25, 0.3) is 11.7 Å². The van der Waals surface area contributed by atoms with Gasteiger partial charge in [0.2, 0.25) is 0 Å². The zero-order valence-corrected chi connectivity index (χ0v) is 23.2. The highest BCUT2D eigenvalue weighted by molar-refractivity contribution is 6.46. The first-order valence-corrected chi connectivity index (χ1v) is 13.4. The Balaban J connectivity index is 2.08. The van der Waals surface area contributed by atoms with Crippen LogP contribution in [-0.2, 0) is 9.59 Å². The Morgan fingerprint density at radius 3 is 2.24 bits per heavy atom. The van der Waals surface area contributed by atoms with Crippen LogP contribution in [0, 0.1) is 0 Å². The largest absolute Gasteiger partial charge is 0.507 e. The minimum absolute atomic E-state index is 0.0618. The van der Waals surface area contributed by atoms with Crippen molar-refractivity contribution >= 4 is 17.4 Å². The first-order valence-electron chi connectivity index (χ1n) is 13.4. The van der Waals surface area contributed by atoms with Crippen molar-refractivity contribution in [1.82, 2.24) is 9.80 Å². The summed E-state index contributed by atoms with van der Waals surface area (Å²) >= 11 is 0. The number of nitrogens with zero attached hydrogens (tertiary/aromatic N) is 2. The van der Waals surface area contributed by atoms with E-state index in [0.717, 1.165) is 19.4 Å². The van der Waals surface area contributed by atoms with Crippen molar-refractivity contribution < 1.29 is 28.9 Å². The quantitative estimate of drug-likeness (QED) is 0.211. The van der Waals surface area contributed by atoms with E-state index in [1.807, 2.05) is 45.8 Å². The summed E-state index contributed by atoms with van der Waals surface area (Å²) < 4.78 is 17.3. The molecular formula is C30H40N2O6. The minimum atomic E-state index is -0.757. The number of rotatable bonds is 14. The van der Waals surface area contributed by atoms with Crippen LogP contribution >= 0.6 is 0 Å². The second-order valence-corrected chi connectivity index (χ2v) is 9.51. The van der Waals surface area contributed by atoms with E-state index in [-0.39, 0.29) is 11.3 Å². The van der Waals surface area contributed by atoms with E-state index in [0.29, 0.717) is 61.2 Å². The van der Waals surface area contributed by atoms with Crippen LogP contribution in [-0.4, -0.2) is 73.6 Å². The van der Waals surface area contributed by atoms with Gasteiger partial charge in [-0.05, 0) is 88.8 Å². The van der Waals surface area contributed by atoms with E-state index in [4.69, 9.17) is 14.2 Å². The standard InChI is InChI=1S/C30H40N2O6/c1-6-18-37-23-13-10-21(11-14-23)28(33)26-27(32(30(35)29(26)34)17-9-16-31(4)5)22-12-15-24(38-19-7-2)25(20-22)36-8-3/h10-15,20,27,33H,6-9,16-19H2,1-5H3/b28-26+. The number of benzene rings is 2. The number of amides is 1. The number of hydrogen-bond donors (Lipinski definition) is 1. The van der Waals surface area contributed by atoms with Gasteiger partial charge in [-0.25, -0.2) is 0 Å². The van der Waals surface area contributed by atoms with Crippen LogP contribution < -0.4 is 14.2 Å². The SMILES string of the molecule is CCCOc1ccc(/C(O)=C2\C(=O)C(=O)N(CCCN(C)C)C2c2ccc(OCCC)c(OCC)c2)cc1. The molecule has 2 aromatic rings. The van der Waals surface area contributed by atoms with Crippen LogP contribution in [0.4, 0.5) is 0 Å². The highest BCUT2D eigenvalue weighted by Gasteiger charge is 2.46. The number of likely N-dealkylation sites (tertiary alicyclic amines) is 1. The molecule has 1 heterocycles. The van der Waals surface area contributed by atoms with Gasteiger partial charge >= 0.3 is 0 Å². The van der Waals surface area contributed by atoms with Gasteiger partial charge in [0, 0.05) is 12.1 Å². The van der Waals surface area contributed by atoms with Crippen LogP contribution in [0.25, 0.3) is 5.76 Å². The van der Waals surface area contributed by atoms with Gasteiger partial charge in [0.15, 0.2) is 11.5 Å². The Labute approximate surface area is 225 Å². The third-order valence-corrected chi connectivity index (χ3v) is 6.19. The fourth-order valence-corrected chi connectivity index (χ4v) is 4.39.